The SMILES string of the molecule is COc1ccc2[nH]c(-c3ccccc3)c(CCN)c2c1. The summed E-state index contributed by atoms with van der Waals surface area (Å²) >= 11 is 0. The Labute approximate surface area is 118 Å². The molecule has 1 heterocycles. The lowest BCUT2D eigenvalue weighted by Crippen LogP contribution is -2.03. The maximum Gasteiger partial charge on any atom is 0.119 e. The Kier molecular flexibility index (Phi) is 3.44. The summed E-state index contributed by atoms with van der Waals surface area (Å²) in [5, 5.41) is 1.19. The number of H-pyrrole nitrogens is 1. The zero-order valence-electron chi connectivity index (χ0n) is 11.5. The van der Waals surface area contributed by atoms with E-state index in [1.165, 1.54) is 16.5 Å². The number of aromatic nitrogens is 1. The maximum absolute atomic E-state index is 5.78. The fourth-order valence-electron chi connectivity index (χ4n) is 2.61. The van der Waals surface area contributed by atoms with E-state index in [4.69, 9.17) is 10.5 Å². The largest absolute Gasteiger partial charge is 0.497 e. The van der Waals surface area contributed by atoms with Crippen LogP contribution in [-0.4, -0.2) is 18.6 Å². The van der Waals surface area contributed by atoms with Crippen LogP contribution in [0.4, 0.5) is 0 Å². The summed E-state index contributed by atoms with van der Waals surface area (Å²) in [7, 11) is 1.69. The van der Waals surface area contributed by atoms with Crippen LogP contribution < -0.4 is 10.5 Å². The number of rotatable bonds is 4. The number of aromatic amines is 1. The van der Waals surface area contributed by atoms with Crippen LogP contribution in [-0.2, 0) is 6.42 Å². The van der Waals surface area contributed by atoms with Crippen molar-refractivity contribution < 1.29 is 4.74 Å². The van der Waals surface area contributed by atoms with Gasteiger partial charge in [-0.3, -0.25) is 0 Å². The molecule has 0 bridgehead atoms. The molecule has 3 rings (SSSR count). The molecule has 0 aliphatic carbocycles. The monoisotopic (exact) mass is 266 g/mol. The minimum Gasteiger partial charge on any atom is -0.497 e. The van der Waals surface area contributed by atoms with Gasteiger partial charge in [-0.15, -0.1) is 0 Å². The first-order chi connectivity index (χ1) is 9.83. The highest BCUT2D eigenvalue weighted by Crippen LogP contribution is 2.32. The van der Waals surface area contributed by atoms with Crippen molar-refractivity contribution in [3.63, 3.8) is 0 Å². The summed E-state index contributed by atoms with van der Waals surface area (Å²) in [6, 6.07) is 16.5. The second-order valence-electron chi connectivity index (χ2n) is 4.79. The number of nitrogens with two attached hydrogens (primary N) is 1. The van der Waals surface area contributed by atoms with Crippen LogP contribution in [0.3, 0.4) is 0 Å². The van der Waals surface area contributed by atoms with Gasteiger partial charge >= 0.3 is 0 Å². The summed E-state index contributed by atoms with van der Waals surface area (Å²) in [5.74, 6) is 0.870. The van der Waals surface area contributed by atoms with Gasteiger partial charge in [0.05, 0.1) is 7.11 Å². The Balaban J connectivity index is 2.23. The molecule has 3 nitrogen and oxygen atoms in total. The molecule has 0 fully saturated rings. The Morgan fingerprint density at radius 2 is 1.90 bits per heavy atom. The van der Waals surface area contributed by atoms with Crippen molar-refractivity contribution >= 4 is 10.9 Å². The first kappa shape index (κ1) is 12.8. The second-order valence-corrected chi connectivity index (χ2v) is 4.79. The van der Waals surface area contributed by atoms with E-state index in [9.17, 15) is 0 Å². The third-order valence-corrected chi connectivity index (χ3v) is 3.57. The van der Waals surface area contributed by atoms with Gasteiger partial charge in [0.2, 0.25) is 0 Å². The number of ether oxygens (including phenoxy) is 1. The quantitative estimate of drug-likeness (QED) is 0.761. The minimum atomic E-state index is 0.629. The van der Waals surface area contributed by atoms with Gasteiger partial charge in [-0.1, -0.05) is 30.3 Å². The molecule has 102 valence electrons. The molecule has 0 atom stereocenters. The fourth-order valence-corrected chi connectivity index (χ4v) is 2.61. The highest BCUT2D eigenvalue weighted by Gasteiger charge is 2.13. The Bertz CT molecular complexity index is 716. The molecule has 0 aliphatic heterocycles. The molecule has 0 amide bonds. The van der Waals surface area contributed by atoms with Crippen molar-refractivity contribution in [2.45, 2.75) is 6.42 Å². The Morgan fingerprint density at radius 3 is 2.60 bits per heavy atom. The lowest BCUT2D eigenvalue weighted by Gasteiger charge is -2.04. The predicted molar refractivity (Wildman–Crippen MR) is 83.0 cm³/mol. The van der Waals surface area contributed by atoms with Crippen molar-refractivity contribution in [3.8, 4) is 17.0 Å². The van der Waals surface area contributed by atoms with Crippen LogP contribution in [0.15, 0.2) is 48.5 Å². The molecule has 1 aromatic heterocycles. The Morgan fingerprint density at radius 1 is 1.10 bits per heavy atom. The molecule has 20 heavy (non-hydrogen) atoms. The van der Waals surface area contributed by atoms with Crippen LogP contribution in [0.1, 0.15) is 5.56 Å². The number of hydrogen-bond acceptors (Lipinski definition) is 2. The van der Waals surface area contributed by atoms with Crippen molar-refractivity contribution in [2.75, 3.05) is 13.7 Å². The van der Waals surface area contributed by atoms with Crippen LogP contribution >= 0.6 is 0 Å². The molecule has 0 saturated carbocycles. The van der Waals surface area contributed by atoms with Crippen LogP contribution in [0.2, 0.25) is 0 Å². The first-order valence-corrected chi connectivity index (χ1v) is 6.77. The zero-order valence-corrected chi connectivity index (χ0v) is 11.5. The normalized spacial score (nSPS) is 10.9. The van der Waals surface area contributed by atoms with Crippen molar-refractivity contribution in [3.05, 3.63) is 54.1 Å². The van der Waals surface area contributed by atoms with E-state index in [2.05, 4.69) is 29.2 Å². The van der Waals surface area contributed by atoms with Crippen molar-refractivity contribution in [1.82, 2.24) is 4.98 Å². The highest BCUT2D eigenvalue weighted by atomic mass is 16.5. The zero-order chi connectivity index (χ0) is 13.9. The summed E-state index contributed by atoms with van der Waals surface area (Å²) in [6.45, 7) is 0.629. The van der Waals surface area contributed by atoms with Gasteiger partial charge in [0.25, 0.3) is 0 Å². The average molecular weight is 266 g/mol. The van der Waals surface area contributed by atoms with Crippen molar-refractivity contribution in [1.29, 1.82) is 0 Å². The van der Waals surface area contributed by atoms with E-state index in [-0.39, 0.29) is 0 Å². The van der Waals surface area contributed by atoms with Crippen LogP contribution in [0.25, 0.3) is 22.2 Å². The van der Waals surface area contributed by atoms with Gasteiger partial charge in [-0.2, -0.15) is 0 Å². The summed E-state index contributed by atoms with van der Waals surface area (Å²) in [6.07, 6.45) is 0.845. The highest BCUT2D eigenvalue weighted by molar-refractivity contribution is 5.91. The molecular formula is C17H18N2O. The number of nitrogens with one attached hydrogen (secondary N) is 1. The maximum atomic E-state index is 5.78. The molecule has 3 heteroatoms. The molecule has 0 aliphatic rings. The molecule has 0 saturated heterocycles. The standard InChI is InChI=1S/C17H18N2O/c1-20-13-7-8-16-15(11-13)14(9-10-18)17(19-16)12-5-3-2-4-6-12/h2-8,11,19H,9-10,18H2,1H3. The number of fused-ring (bicyclic) bond motifs is 1. The van der Waals surface area contributed by atoms with E-state index < -0.39 is 0 Å². The smallest absolute Gasteiger partial charge is 0.119 e. The topological polar surface area (TPSA) is 51.0 Å². The Hall–Kier alpha value is -2.26. The van der Waals surface area contributed by atoms with Crippen LogP contribution in [0, 0.1) is 0 Å². The van der Waals surface area contributed by atoms with Gasteiger partial charge in [-0.25, -0.2) is 0 Å². The van der Waals surface area contributed by atoms with Gasteiger partial charge in [-0.05, 0) is 42.3 Å². The van der Waals surface area contributed by atoms with E-state index in [1.807, 2.05) is 24.3 Å². The fraction of sp³-hybridized carbons (Fsp3) is 0.176. The number of benzene rings is 2. The van der Waals surface area contributed by atoms with Gasteiger partial charge < -0.3 is 15.5 Å². The summed E-state index contributed by atoms with van der Waals surface area (Å²) < 4.78 is 5.33. The van der Waals surface area contributed by atoms with Gasteiger partial charge in [0, 0.05) is 16.6 Å². The van der Waals surface area contributed by atoms with Gasteiger partial charge in [0.1, 0.15) is 5.75 Å². The number of hydrogen-bond donors (Lipinski definition) is 2. The number of methoxy groups -OCH3 is 1. The second kappa shape index (κ2) is 5.39. The molecular weight excluding hydrogens is 248 g/mol. The lowest BCUT2D eigenvalue weighted by molar-refractivity contribution is 0.415. The van der Waals surface area contributed by atoms with E-state index in [0.717, 1.165) is 23.4 Å². The van der Waals surface area contributed by atoms with E-state index in [1.54, 1.807) is 7.11 Å². The molecule has 2 aromatic carbocycles. The van der Waals surface area contributed by atoms with E-state index >= 15 is 0 Å². The van der Waals surface area contributed by atoms with Crippen LogP contribution in [0.5, 0.6) is 5.75 Å². The third-order valence-electron chi connectivity index (χ3n) is 3.57. The predicted octanol–water partition coefficient (Wildman–Crippen LogP) is 3.34. The van der Waals surface area contributed by atoms with Crippen molar-refractivity contribution in [2.24, 2.45) is 5.73 Å². The average Bonchev–Trinajstić information content (AvgIpc) is 2.86. The molecule has 3 aromatic rings. The first-order valence-electron chi connectivity index (χ1n) is 6.77. The third kappa shape index (κ3) is 2.17. The summed E-state index contributed by atoms with van der Waals surface area (Å²) in [4.78, 5) is 3.51. The lowest BCUT2D eigenvalue weighted by atomic mass is 10.0. The molecule has 3 N–H and O–H groups in total. The molecule has 0 spiro atoms. The summed E-state index contributed by atoms with van der Waals surface area (Å²) in [5.41, 5.74) is 10.5. The van der Waals surface area contributed by atoms with Gasteiger partial charge in [0.15, 0.2) is 0 Å². The minimum absolute atomic E-state index is 0.629. The molecule has 0 radical (unpaired) electrons. The molecule has 0 unspecified atom stereocenters. The van der Waals surface area contributed by atoms with E-state index in [0.29, 0.717) is 6.54 Å².